The Bertz CT molecular complexity index is 369. The zero-order chi connectivity index (χ0) is 10.8. The number of likely N-dealkylation sites (tertiary alicyclic amines) is 1. The minimum absolute atomic E-state index is 0.0309. The fourth-order valence-corrected chi connectivity index (χ4v) is 1.90. The lowest BCUT2D eigenvalue weighted by molar-refractivity contribution is -0.127. The number of amides is 1. The monoisotopic (exact) mass is 216 g/mol. The zero-order valence-electron chi connectivity index (χ0n) is 7.93. The first kappa shape index (κ1) is 11.0. The highest BCUT2D eigenvalue weighted by molar-refractivity contribution is 7.90. The van der Waals surface area contributed by atoms with E-state index in [1.165, 1.54) is 4.90 Å². The maximum atomic E-state index is 11.2. The molecular weight excluding hydrogens is 204 g/mol. The molecule has 0 saturated carbocycles. The molecule has 1 amide bonds. The van der Waals surface area contributed by atoms with Crippen molar-refractivity contribution in [2.24, 2.45) is 5.92 Å². The molecule has 14 heavy (non-hydrogen) atoms. The van der Waals surface area contributed by atoms with Crippen molar-refractivity contribution < 1.29 is 13.2 Å². The van der Waals surface area contributed by atoms with Crippen LogP contribution in [-0.2, 0) is 14.6 Å². The first-order chi connectivity index (χ1) is 6.42. The van der Waals surface area contributed by atoms with Gasteiger partial charge in [-0.3, -0.25) is 4.79 Å². The summed E-state index contributed by atoms with van der Waals surface area (Å²) in [6.07, 6.45) is 1.36. The average Bonchev–Trinajstić information content (AvgIpc) is 2.42. The molecule has 0 aliphatic carbocycles. The van der Waals surface area contributed by atoms with Gasteiger partial charge in [0.1, 0.15) is 9.84 Å². The Morgan fingerprint density at radius 3 is 2.71 bits per heavy atom. The van der Waals surface area contributed by atoms with Crippen molar-refractivity contribution in [3.8, 4) is 6.07 Å². The van der Waals surface area contributed by atoms with E-state index in [9.17, 15) is 13.2 Å². The van der Waals surface area contributed by atoms with Gasteiger partial charge in [0.15, 0.2) is 0 Å². The van der Waals surface area contributed by atoms with Crippen LogP contribution in [0.5, 0.6) is 0 Å². The fraction of sp³-hybridized carbons (Fsp3) is 0.750. The minimum Gasteiger partial charge on any atom is -0.340 e. The predicted molar refractivity (Wildman–Crippen MR) is 50.0 cm³/mol. The molecule has 0 aromatic carbocycles. The Hall–Kier alpha value is -1.09. The van der Waals surface area contributed by atoms with E-state index < -0.39 is 9.84 Å². The van der Waals surface area contributed by atoms with Crippen LogP contribution in [0.15, 0.2) is 0 Å². The molecular formula is C8H12N2O3S. The highest BCUT2D eigenvalue weighted by atomic mass is 32.2. The molecule has 1 unspecified atom stereocenters. The Labute approximate surface area is 83.2 Å². The molecule has 0 aromatic heterocycles. The van der Waals surface area contributed by atoms with Crippen molar-refractivity contribution in [2.45, 2.75) is 6.42 Å². The van der Waals surface area contributed by atoms with Crippen molar-refractivity contribution in [2.75, 3.05) is 25.1 Å². The molecule has 0 bridgehead atoms. The molecule has 1 aliphatic rings. The molecule has 0 N–H and O–H groups in total. The van der Waals surface area contributed by atoms with Gasteiger partial charge in [-0.25, -0.2) is 8.42 Å². The van der Waals surface area contributed by atoms with E-state index in [-0.39, 0.29) is 30.5 Å². The van der Waals surface area contributed by atoms with Gasteiger partial charge in [0.25, 0.3) is 0 Å². The number of nitrogens with zero attached hydrogens (tertiary/aromatic N) is 2. The summed E-state index contributed by atoms with van der Waals surface area (Å²) in [6, 6.07) is 2.01. The van der Waals surface area contributed by atoms with Gasteiger partial charge in [0.05, 0.1) is 17.7 Å². The van der Waals surface area contributed by atoms with Crippen LogP contribution >= 0.6 is 0 Å². The second-order valence-electron chi connectivity index (χ2n) is 3.50. The summed E-state index contributed by atoms with van der Waals surface area (Å²) in [5.41, 5.74) is 0. The SMILES string of the molecule is CS(=O)(=O)CCN1CC(C#N)CC1=O. The first-order valence-corrected chi connectivity index (χ1v) is 6.33. The van der Waals surface area contributed by atoms with Gasteiger partial charge in [-0.2, -0.15) is 5.26 Å². The summed E-state index contributed by atoms with van der Waals surface area (Å²) in [6.45, 7) is 0.570. The van der Waals surface area contributed by atoms with Crippen LogP contribution in [0, 0.1) is 17.2 Å². The van der Waals surface area contributed by atoms with Crippen LogP contribution in [0.25, 0.3) is 0 Å². The van der Waals surface area contributed by atoms with E-state index in [1.54, 1.807) is 0 Å². The number of carbonyl (C=O) groups excluding carboxylic acids is 1. The van der Waals surface area contributed by atoms with Crippen LogP contribution < -0.4 is 0 Å². The second-order valence-corrected chi connectivity index (χ2v) is 5.76. The van der Waals surface area contributed by atoms with Gasteiger partial charge in [-0.1, -0.05) is 0 Å². The van der Waals surface area contributed by atoms with E-state index in [0.717, 1.165) is 6.26 Å². The summed E-state index contributed by atoms with van der Waals surface area (Å²) < 4.78 is 21.7. The van der Waals surface area contributed by atoms with Crippen LogP contribution in [0.3, 0.4) is 0 Å². The molecule has 0 radical (unpaired) electrons. The fourth-order valence-electron chi connectivity index (χ4n) is 1.35. The highest BCUT2D eigenvalue weighted by Crippen LogP contribution is 2.16. The van der Waals surface area contributed by atoms with Gasteiger partial charge in [-0.15, -0.1) is 0 Å². The van der Waals surface area contributed by atoms with E-state index in [2.05, 4.69) is 0 Å². The lowest BCUT2D eigenvalue weighted by Gasteiger charge is -2.14. The van der Waals surface area contributed by atoms with Crippen molar-refractivity contribution in [1.29, 1.82) is 5.26 Å². The second kappa shape index (κ2) is 3.96. The largest absolute Gasteiger partial charge is 0.340 e. The van der Waals surface area contributed by atoms with E-state index in [0.29, 0.717) is 6.54 Å². The van der Waals surface area contributed by atoms with E-state index in [1.807, 2.05) is 6.07 Å². The summed E-state index contributed by atoms with van der Waals surface area (Å²) in [4.78, 5) is 12.7. The minimum atomic E-state index is -3.04. The third kappa shape index (κ3) is 3.00. The Morgan fingerprint density at radius 2 is 2.29 bits per heavy atom. The number of nitriles is 1. The standard InChI is InChI=1S/C8H12N2O3S/c1-14(12,13)3-2-10-6-7(5-9)4-8(10)11/h7H,2-4,6H2,1H3. The number of rotatable bonds is 3. The number of carbonyl (C=O) groups is 1. The average molecular weight is 216 g/mol. The number of hydrogen-bond acceptors (Lipinski definition) is 4. The van der Waals surface area contributed by atoms with Gasteiger partial charge >= 0.3 is 0 Å². The maximum absolute atomic E-state index is 11.2. The summed E-state index contributed by atoms with van der Waals surface area (Å²) in [5.74, 6) is -0.432. The molecule has 1 heterocycles. The molecule has 0 aromatic rings. The van der Waals surface area contributed by atoms with Crippen LogP contribution in [0.1, 0.15) is 6.42 Å². The summed E-state index contributed by atoms with van der Waals surface area (Å²) in [5, 5.41) is 8.58. The van der Waals surface area contributed by atoms with Gasteiger partial charge < -0.3 is 4.90 Å². The third-order valence-corrected chi connectivity index (χ3v) is 3.05. The van der Waals surface area contributed by atoms with E-state index in [4.69, 9.17) is 5.26 Å². The summed E-state index contributed by atoms with van der Waals surface area (Å²) in [7, 11) is -3.04. The Kier molecular flexibility index (Phi) is 3.11. The summed E-state index contributed by atoms with van der Waals surface area (Å²) >= 11 is 0. The molecule has 1 atom stereocenters. The molecule has 1 fully saturated rings. The number of sulfone groups is 1. The quantitative estimate of drug-likeness (QED) is 0.631. The normalized spacial score (nSPS) is 22.4. The molecule has 0 spiro atoms. The molecule has 6 heteroatoms. The van der Waals surface area contributed by atoms with Crippen molar-refractivity contribution >= 4 is 15.7 Å². The van der Waals surface area contributed by atoms with Gasteiger partial charge in [-0.05, 0) is 0 Å². The Morgan fingerprint density at radius 1 is 1.64 bits per heavy atom. The highest BCUT2D eigenvalue weighted by Gasteiger charge is 2.29. The number of hydrogen-bond donors (Lipinski definition) is 0. The van der Waals surface area contributed by atoms with Crippen molar-refractivity contribution in [3.63, 3.8) is 0 Å². The maximum Gasteiger partial charge on any atom is 0.224 e. The molecule has 1 rings (SSSR count). The lowest BCUT2D eigenvalue weighted by Crippen LogP contribution is -2.30. The van der Waals surface area contributed by atoms with Crippen molar-refractivity contribution in [3.05, 3.63) is 0 Å². The zero-order valence-corrected chi connectivity index (χ0v) is 8.75. The predicted octanol–water partition coefficient (Wildman–Crippen LogP) is -0.597. The van der Waals surface area contributed by atoms with Crippen molar-refractivity contribution in [1.82, 2.24) is 4.90 Å². The van der Waals surface area contributed by atoms with Gasteiger partial charge in [0, 0.05) is 25.8 Å². The third-order valence-electron chi connectivity index (χ3n) is 2.13. The van der Waals surface area contributed by atoms with E-state index >= 15 is 0 Å². The van der Waals surface area contributed by atoms with Gasteiger partial charge in [0.2, 0.25) is 5.91 Å². The topological polar surface area (TPSA) is 78.2 Å². The van der Waals surface area contributed by atoms with Crippen LogP contribution in [0.2, 0.25) is 0 Å². The molecule has 78 valence electrons. The smallest absolute Gasteiger partial charge is 0.224 e. The van der Waals surface area contributed by atoms with Crippen LogP contribution in [0.4, 0.5) is 0 Å². The first-order valence-electron chi connectivity index (χ1n) is 4.27. The molecule has 1 saturated heterocycles. The molecule has 1 aliphatic heterocycles. The Balaban J connectivity index is 2.48. The van der Waals surface area contributed by atoms with Crippen LogP contribution in [-0.4, -0.2) is 44.3 Å². The molecule has 5 nitrogen and oxygen atoms in total. The lowest BCUT2D eigenvalue weighted by atomic mass is 10.1.